The molecule has 10 nitrogen and oxygen atoms in total. The predicted octanol–water partition coefficient (Wildman–Crippen LogP) is 5.94. The molecule has 4 atom stereocenters. The zero-order valence-corrected chi connectivity index (χ0v) is 30.8. The van der Waals surface area contributed by atoms with Crippen LogP contribution in [-0.4, -0.2) is 96.4 Å². The Kier molecular flexibility index (Phi) is 14.0. The maximum absolute atomic E-state index is 14.3. The van der Waals surface area contributed by atoms with Crippen LogP contribution in [0, 0.1) is 6.92 Å². The fraction of sp³-hybridized carbons (Fsp3) is 0.538. The monoisotopic (exact) mass is 710 g/mol. The van der Waals surface area contributed by atoms with Gasteiger partial charge >= 0.3 is 0 Å². The lowest BCUT2D eigenvalue weighted by molar-refractivity contribution is -0.0221. The molecule has 0 bridgehead atoms. The van der Waals surface area contributed by atoms with Crippen LogP contribution in [0.25, 0.3) is 0 Å². The van der Waals surface area contributed by atoms with Crippen molar-refractivity contribution >= 4 is 15.7 Å². The number of hydrogen-bond acceptors (Lipinski definition) is 9. The van der Waals surface area contributed by atoms with Gasteiger partial charge < -0.3 is 33.7 Å². The zero-order chi connectivity index (χ0) is 35.5. The van der Waals surface area contributed by atoms with Crippen LogP contribution in [0.3, 0.4) is 0 Å². The summed E-state index contributed by atoms with van der Waals surface area (Å²) in [4.78, 5) is 2.59. The standard InChI is InChI=1S/C39H54N2O8S/c1-29-7-16-35(17-8-29)50(43,44)41-27-39(49-28-31-10-18-38-37(25-31)40(20-24-48-38)19-5-21-45-3)36(26-33(41)13-9-30(2)42)32-11-14-34(15-12-32)47-23-6-22-46-4/h7-8,10-12,14-18,25,30,33,36,39,42H,5-6,9,13,19-24,26-28H2,1-4H3/t30-,33+,36-,39+/m1/s1. The third kappa shape index (κ3) is 9.98. The number of anilines is 1. The second-order valence-electron chi connectivity index (χ2n) is 13.4. The van der Waals surface area contributed by atoms with Gasteiger partial charge in [-0.3, -0.25) is 0 Å². The van der Waals surface area contributed by atoms with E-state index in [1.165, 1.54) is 0 Å². The lowest BCUT2D eigenvalue weighted by Crippen LogP contribution is -2.52. The van der Waals surface area contributed by atoms with Crippen LogP contribution in [0.1, 0.15) is 61.6 Å². The first-order chi connectivity index (χ1) is 24.2. The Morgan fingerprint density at radius 1 is 0.960 bits per heavy atom. The number of rotatable bonds is 18. The second-order valence-corrected chi connectivity index (χ2v) is 15.3. The molecule has 11 heteroatoms. The number of sulfonamides is 1. The van der Waals surface area contributed by atoms with Crippen molar-refractivity contribution in [3.8, 4) is 11.5 Å². The highest BCUT2D eigenvalue weighted by atomic mass is 32.2. The summed E-state index contributed by atoms with van der Waals surface area (Å²) in [6.07, 6.45) is 2.35. The summed E-state index contributed by atoms with van der Waals surface area (Å²) in [6.45, 7) is 8.40. The number of methoxy groups -OCH3 is 2. The van der Waals surface area contributed by atoms with Crippen molar-refractivity contribution in [2.24, 2.45) is 0 Å². The zero-order valence-electron chi connectivity index (χ0n) is 30.0. The summed E-state index contributed by atoms with van der Waals surface area (Å²) in [6, 6.07) is 20.9. The average molecular weight is 711 g/mol. The first-order valence-corrected chi connectivity index (χ1v) is 19.2. The van der Waals surface area contributed by atoms with Crippen molar-refractivity contribution in [1.82, 2.24) is 4.31 Å². The Labute approximate surface area is 298 Å². The molecule has 274 valence electrons. The molecule has 1 saturated heterocycles. The Morgan fingerprint density at radius 2 is 1.70 bits per heavy atom. The molecule has 0 aromatic heterocycles. The number of hydrogen-bond donors (Lipinski definition) is 1. The van der Waals surface area contributed by atoms with Crippen molar-refractivity contribution in [2.45, 2.75) is 81.6 Å². The van der Waals surface area contributed by atoms with E-state index in [1.54, 1.807) is 37.6 Å². The highest BCUT2D eigenvalue weighted by molar-refractivity contribution is 7.89. The van der Waals surface area contributed by atoms with Gasteiger partial charge in [0.2, 0.25) is 10.0 Å². The molecule has 5 rings (SSSR count). The van der Waals surface area contributed by atoms with Gasteiger partial charge in [0, 0.05) is 58.9 Å². The maximum Gasteiger partial charge on any atom is 0.243 e. The molecule has 2 aliphatic heterocycles. The molecule has 3 aromatic rings. The van der Waals surface area contributed by atoms with Gasteiger partial charge in [0.05, 0.1) is 42.5 Å². The molecule has 50 heavy (non-hydrogen) atoms. The molecule has 2 aliphatic rings. The minimum absolute atomic E-state index is 0.0764. The number of ether oxygens (including phenoxy) is 5. The van der Waals surface area contributed by atoms with Crippen LogP contribution in [-0.2, 0) is 30.8 Å². The Balaban J connectivity index is 1.42. The molecule has 2 heterocycles. The summed E-state index contributed by atoms with van der Waals surface area (Å²) < 4.78 is 59.2. The summed E-state index contributed by atoms with van der Waals surface area (Å²) in [7, 11) is -0.444. The molecule has 0 amide bonds. The van der Waals surface area contributed by atoms with E-state index in [1.807, 2.05) is 43.3 Å². The van der Waals surface area contributed by atoms with Gasteiger partial charge in [-0.25, -0.2) is 8.42 Å². The van der Waals surface area contributed by atoms with E-state index in [2.05, 4.69) is 23.1 Å². The van der Waals surface area contributed by atoms with Crippen molar-refractivity contribution in [2.75, 3.05) is 65.2 Å². The maximum atomic E-state index is 14.3. The van der Waals surface area contributed by atoms with E-state index in [0.29, 0.717) is 52.3 Å². The third-order valence-corrected chi connectivity index (χ3v) is 11.5. The van der Waals surface area contributed by atoms with Gasteiger partial charge in [0.1, 0.15) is 18.1 Å². The van der Waals surface area contributed by atoms with Crippen molar-refractivity contribution < 1.29 is 37.2 Å². The minimum Gasteiger partial charge on any atom is -0.494 e. The first kappa shape index (κ1) is 38.1. The molecule has 1 fully saturated rings. The first-order valence-electron chi connectivity index (χ1n) is 17.8. The quantitative estimate of drug-likeness (QED) is 0.161. The van der Waals surface area contributed by atoms with Crippen LogP contribution in [0.15, 0.2) is 71.6 Å². The van der Waals surface area contributed by atoms with Gasteiger partial charge in [0.15, 0.2) is 0 Å². The minimum atomic E-state index is -3.84. The largest absolute Gasteiger partial charge is 0.494 e. The summed E-state index contributed by atoms with van der Waals surface area (Å²) in [5, 5.41) is 10.2. The fourth-order valence-electron chi connectivity index (χ4n) is 6.82. The molecular weight excluding hydrogens is 657 g/mol. The predicted molar refractivity (Wildman–Crippen MR) is 195 cm³/mol. The number of aliphatic hydroxyl groups excluding tert-OH is 1. The normalized spacial score (nSPS) is 20.3. The highest BCUT2D eigenvalue weighted by Gasteiger charge is 2.43. The van der Waals surface area contributed by atoms with Gasteiger partial charge in [-0.1, -0.05) is 35.9 Å². The van der Waals surface area contributed by atoms with Gasteiger partial charge in [-0.05, 0) is 87.1 Å². The number of aryl methyl sites for hydroxylation is 1. The van der Waals surface area contributed by atoms with Crippen LogP contribution in [0.4, 0.5) is 5.69 Å². The lowest BCUT2D eigenvalue weighted by Gasteiger charge is -2.43. The molecule has 3 aromatic carbocycles. The van der Waals surface area contributed by atoms with E-state index in [4.69, 9.17) is 23.7 Å². The van der Waals surface area contributed by atoms with Crippen LogP contribution in [0.2, 0.25) is 0 Å². The van der Waals surface area contributed by atoms with E-state index in [0.717, 1.165) is 59.8 Å². The Morgan fingerprint density at radius 3 is 2.42 bits per heavy atom. The smallest absolute Gasteiger partial charge is 0.243 e. The number of aliphatic hydroxyl groups is 1. The van der Waals surface area contributed by atoms with Crippen LogP contribution < -0.4 is 14.4 Å². The van der Waals surface area contributed by atoms with Crippen molar-refractivity contribution in [1.29, 1.82) is 0 Å². The Hall–Kier alpha value is -3.19. The van der Waals surface area contributed by atoms with Gasteiger partial charge in [-0.15, -0.1) is 0 Å². The number of nitrogens with zero attached hydrogens (tertiary/aromatic N) is 2. The Bertz CT molecular complexity index is 1580. The summed E-state index contributed by atoms with van der Waals surface area (Å²) >= 11 is 0. The van der Waals surface area contributed by atoms with Crippen molar-refractivity contribution in [3.63, 3.8) is 0 Å². The summed E-state index contributed by atoms with van der Waals surface area (Å²) in [5.74, 6) is 1.56. The van der Waals surface area contributed by atoms with E-state index in [9.17, 15) is 13.5 Å². The van der Waals surface area contributed by atoms with Crippen LogP contribution in [0.5, 0.6) is 11.5 Å². The topological polar surface area (TPSA) is 107 Å². The summed E-state index contributed by atoms with van der Waals surface area (Å²) in [5.41, 5.74) is 4.09. The molecule has 0 spiro atoms. The molecular formula is C39H54N2O8S. The number of benzene rings is 3. The second kappa shape index (κ2) is 18.3. The van der Waals surface area contributed by atoms with E-state index >= 15 is 0 Å². The van der Waals surface area contributed by atoms with E-state index < -0.39 is 22.2 Å². The highest BCUT2D eigenvalue weighted by Crippen LogP contribution is 2.40. The molecule has 0 radical (unpaired) electrons. The molecule has 0 aliphatic carbocycles. The number of piperidine rings is 1. The fourth-order valence-corrected chi connectivity index (χ4v) is 8.50. The molecule has 0 unspecified atom stereocenters. The van der Waals surface area contributed by atoms with Crippen molar-refractivity contribution in [3.05, 3.63) is 83.4 Å². The lowest BCUT2D eigenvalue weighted by atomic mass is 9.82. The van der Waals surface area contributed by atoms with Crippen LogP contribution >= 0.6 is 0 Å². The molecule has 0 saturated carbocycles. The molecule has 1 N–H and O–H groups in total. The SMILES string of the molecule is COCCCOc1ccc([C@H]2C[C@H](CC[C@@H](C)O)N(S(=O)(=O)c3ccc(C)cc3)C[C@@H]2OCc2ccc3c(c2)N(CCCOC)CCO3)cc1. The average Bonchev–Trinajstić information content (AvgIpc) is 3.12. The van der Waals surface area contributed by atoms with Gasteiger partial charge in [0.25, 0.3) is 0 Å². The third-order valence-electron chi connectivity index (χ3n) is 9.58. The number of fused-ring (bicyclic) bond motifs is 1. The van der Waals surface area contributed by atoms with Gasteiger partial charge in [-0.2, -0.15) is 4.31 Å². The van der Waals surface area contributed by atoms with E-state index in [-0.39, 0.29) is 23.4 Å².